The summed E-state index contributed by atoms with van der Waals surface area (Å²) in [5, 5.41) is 0. The minimum absolute atomic E-state index is 0.195. The average molecular weight is 545 g/mol. The summed E-state index contributed by atoms with van der Waals surface area (Å²) < 4.78 is 31.7. The van der Waals surface area contributed by atoms with Crippen molar-refractivity contribution >= 4 is 35.8 Å². The molecular formula is C27H28O12. The predicted octanol–water partition coefficient (Wildman–Crippen LogP) is 3.56. The Balaban J connectivity index is 2.99. The first-order chi connectivity index (χ1) is 18.0. The van der Waals surface area contributed by atoms with Crippen molar-refractivity contribution < 1.29 is 57.2 Å². The number of hydrogen-bond acceptors (Lipinski definition) is 12. The number of benzene rings is 2. The Hall–Kier alpha value is -4.74. The lowest BCUT2D eigenvalue weighted by atomic mass is 9.76. The van der Waals surface area contributed by atoms with Gasteiger partial charge in [-0.15, -0.1) is 0 Å². The molecule has 0 spiro atoms. The molecule has 0 unspecified atom stereocenters. The lowest BCUT2D eigenvalue weighted by Gasteiger charge is -2.31. The van der Waals surface area contributed by atoms with Crippen molar-refractivity contribution in [2.45, 2.75) is 60.8 Å². The normalized spacial score (nSPS) is 10.7. The van der Waals surface area contributed by atoms with Gasteiger partial charge in [-0.25, -0.2) is 0 Å². The first-order valence-electron chi connectivity index (χ1n) is 11.5. The molecule has 0 fully saturated rings. The van der Waals surface area contributed by atoms with Crippen LogP contribution >= 0.6 is 0 Å². The smallest absolute Gasteiger partial charge is 0.308 e. The molecule has 2 rings (SSSR count). The third-order valence-corrected chi connectivity index (χ3v) is 4.99. The van der Waals surface area contributed by atoms with E-state index in [0.717, 1.165) is 41.5 Å². The van der Waals surface area contributed by atoms with E-state index in [1.54, 1.807) is 13.8 Å². The highest BCUT2D eigenvalue weighted by atomic mass is 16.6. The van der Waals surface area contributed by atoms with Crippen LogP contribution in [0.3, 0.4) is 0 Å². The van der Waals surface area contributed by atoms with E-state index in [1.165, 1.54) is 24.3 Å². The van der Waals surface area contributed by atoms with Crippen LogP contribution in [0, 0.1) is 0 Å². The molecule has 0 aliphatic carbocycles. The molecular weight excluding hydrogens is 516 g/mol. The molecule has 208 valence electrons. The molecule has 0 aliphatic rings. The van der Waals surface area contributed by atoms with E-state index in [9.17, 15) is 28.8 Å². The van der Waals surface area contributed by atoms with E-state index in [-0.39, 0.29) is 45.6 Å². The van der Waals surface area contributed by atoms with Crippen LogP contribution in [0.4, 0.5) is 0 Å². The summed E-state index contributed by atoms with van der Waals surface area (Å²) in [6.07, 6.45) is 0. The van der Waals surface area contributed by atoms with Crippen LogP contribution < -0.4 is 28.4 Å². The Bertz CT molecular complexity index is 1250. The fourth-order valence-corrected chi connectivity index (χ4v) is 3.66. The van der Waals surface area contributed by atoms with Crippen molar-refractivity contribution in [1.82, 2.24) is 0 Å². The minimum atomic E-state index is -1.26. The molecule has 0 aliphatic heterocycles. The van der Waals surface area contributed by atoms with Gasteiger partial charge in [0.25, 0.3) is 0 Å². The number of ether oxygens (including phenoxy) is 6. The van der Waals surface area contributed by atoms with Gasteiger partial charge in [0.2, 0.25) is 11.5 Å². The summed E-state index contributed by atoms with van der Waals surface area (Å²) in [4.78, 5) is 71.4. The Kier molecular flexibility index (Phi) is 9.54. The van der Waals surface area contributed by atoms with Gasteiger partial charge in [0.15, 0.2) is 23.0 Å². The zero-order chi connectivity index (χ0) is 29.7. The van der Waals surface area contributed by atoms with Crippen LogP contribution in [0.1, 0.15) is 66.5 Å². The lowest BCUT2D eigenvalue weighted by molar-refractivity contribution is -0.135. The van der Waals surface area contributed by atoms with Crippen LogP contribution in [-0.2, 0) is 34.2 Å². The van der Waals surface area contributed by atoms with Gasteiger partial charge < -0.3 is 28.4 Å². The predicted molar refractivity (Wildman–Crippen MR) is 133 cm³/mol. The molecule has 0 aromatic heterocycles. The van der Waals surface area contributed by atoms with E-state index in [4.69, 9.17) is 28.4 Å². The molecule has 0 atom stereocenters. The Morgan fingerprint density at radius 1 is 0.436 bits per heavy atom. The molecule has 0 N–H and O–H groups in total. The number of rotatable bonds is 8. The number of carbonyl (C=O) groups is 6. The maximum atomic E-state index is 12.1. The van der Waals surface area contributed by atoms with Gasteiger partial charge in [-0.1, -0.05) is 26.0 Å². The van der Waals surface area contributed by atoms with Gasteiger partial charge in [-0.2, -0.15) is 0 Å². The average Bonchev–Trinajstić information content (AvgIpc) is 2.76. The number of esters is 6. The zero-order valence-corrected chi connectivity index (χ0v) is 22.7. The van der Waals surface area contributed by atoms with Crippen LogP contribution in [0.15, 0.2) is 24.3 Å². The van der Waals surface area contributed by atoms with Gasteiger partial charge in [-0.3, -0.25) is 28.8 Å². The molecule has 12 nitrogen and oxygen atoms in total. The maximum absolute atomic E-state index is 12.1. The molecule has 39 heavy (non-hydrogen) atoms. The standard InChI is InChI=1S/C27H28O12/c1-13(28)34-21-11-9-19(23(36-15(3)30)25(21)38-17(5)32)27(7,8)20-10-12-22(35-14(2)29)26(39-18(6)33)24(20)37-16(4)31/h9-12H,1-8H3. The maximum Gasteiger partial charge on any atom is 0.308 e. The van der Waals surface area contributed by atoms with Gasteiger partial charge >= 0.3 is 35.8 Å². The van der Waals surface area contributed by atoms with Crippen molar-refractivity contribution in [2.75, 3.05) is 0 Å². The molecule has 0 bridgehead atoms. The van der Waals surface area contributed by atoms with Gasteiger partial charge in [0, 0.05) is 58.1 Å². The second kappa shape index (κ2) is 12.2. The van der Waals surface area contributed by atoms with Crippen molar-refractivity contribution in [2.24, 2.45) is 0 Å². The molecule has 0 radical (unpaired) electrons. The summed E-state index contributed by atoms with van der Waals surface area (Å²) in [5.41, 5.74) is -0.831. The first-order valence-corrected chi connectivity index (χ1v) is 11.5. The molecule has 0 heterocycles. The highest BCUT2D eigenvalue weighted by Crippen LogP contribution is 2.52. The Morgan fingerprint density at radius 2 is 0.692 bits per heavy atom. The van der Waals surface area contributed by atoms with E-state index in [2.05, 4.69) is 0 Å². The van der Waals surface area contributed by atoms with E-state index >= 15 is 0 Å². The zero-order valence-electron chi connectivity index (χ0n) is 22.7. The summed E-state index contributed by atoms with van der Waals surface area (Å²) in [6, 6.07) is 5.56. The largest absolute Gasteiger partial charge is 0.423 e. The topological polar surface area (TPSA) is 158 Å². The van der Waals surface area contributed by atoms with Crippen molar-refractivity contribution in [1.29, 1.82) is 0 Å². The second-order valence-corrected chi connectivity index (χ2v) is 8.73. The molecule has 12 heteroatoms. The number of carbonyl (C=O) groups excluding carboxylic acids is 6. The summed E-state index contributed by atoms with van der Waals surface area (Å²) in [6.45, 7) is 9.98. The van der Waals surface area contributed by atoms with Gasteiger partial charge in [0.1, 0.15) is 0 Å². The fraction of sp³-hybridized carbons (Fsp3) is 0.333. The van der Waals surface area contributed by atoms with Crippen LogP contribution in [-0.4, -0.2) is 35.8 Å². The third-order valence-electron chi connectivity index (χ3n) is 4.99. The molecule has 2 aromatic carbocycles. The molecule has 2 aromatic rings. The van der Waals surface area contributed by atoms with E-state index in [0.29, 0.717) is 0 Å². The van der Waals surface area contributed by atoms with E-state index in [1.807, 2.05) is 0 Å². The van der Waals surface area contributed by atoms with E-state index < -0.39 is 41.2 Å². The lowest BCUT2D eigenvalue weighted by Crippen LogP contribution is -2.24. The highest BCUT2D eigenvalue weighted by Gasteiger charge is 2.37. The molecule has 0 amide bonds. The summed E-state index contributed by atoms with van der Waals surface area (Å²) in [7, 11) is 0. The first kappa shape index (κ1) is 30.5. The van der Waals surface area contributed by atoms with Crippen LogP contribution in [0.5, 0.6) is 34.5 Å². The Morgan fingerprint density at radius 3 is 0.949 bits per heavy atom. The second-order valence-electron chi connectivity index (χ2n) is 8.73. The van der Waals surface area contributed by atoms with Crippen molar-refractivity contribution in [3.8, 4) is 34.5 Å². The van der Waals surface area contributed by atoms with Crippen LogP contribution in [0.2, 0.25) is 0 Å². The van der Waals surface area contributed by atoms with Crippen molar-refractivity contribution in [3.05, 3.63) is 35.4 Å². The minimum Gasteiger partial charge on any atom is -0.423 e. The summed E-state index contributed by atoms with van der Waals surface area (Å²) in [5.74, 6) is -6.21. The van der Waals surface area contributed by atoms with Gasteiger partial charge in [-0.05, 0) is 12.1 Å². The third kappa shape index (κ3) is 7.63. The Labute approximate surface area is 224 Å². The number of hydrogen-bond donors (Lipinski definition) is 0. The monoisotopic (exact) mass is 544 g/mol. The van der Waals surface area contributed by atoms with Crippen LogP contribution in [0.25, 0.3) is 0 Å². The SMILES string of the molecule is CC(=O)Oc1ccc(C(C)(C)c2ccc(OC(C)=O)c(OC(C)=O)c2OC(C)=O)c(OC(C)=O)c1OC(C)=O. The molecule has 0 saturated carbocycles. The highest BCUT2D eigenvalue weighted by molar-refractivity contribution is 5.81. The van der Waals surface area contributed by atoms with Gasteiger partial charge in [0.05, 0.1) is 0 Å². The summed E-state index contributed by atoms with van der Waals surface area (Å²) >= 11 is 0. The fourth-order valence-electron chi connectivity index (χ4n) is 3.66. The molecule has 0 saturated heterocycles. The quantitative estimate of drug-likeness (QED) is 0.352. The van der Waals surface area contributed by atoms with Crippen molar-refractivity contribution in [3.63, 3.8) is 0 Å².